The number of carbonyl (C=O) groups excluding carboxylic acids is 1. The summed E-state index contributed by atoms with van der Waals surface area (Å²) in [4.78, 5) is 19.5. The summed E-state index contributed by atoms with van der Waals surface area (Å²) in [6.45, 7) is 3.86. The largest absolute Gasteiger partial charge is 0.495 e. The Morgan fingerprint density at radius 1 is 1.25 bits per heavy atom. The van der Waals surface area contributed by atoms with Gasteiger partial charge in [-0.05, 0) is 50.1 Å². The van der Waals surface area contributed by atoms with Crippen molar-refractivity contribution in [2.45, 2.75) is 19.8 Å². The lowest BCUT2D eigenvalue weighted by atomic mass is 9.94. The molecular formula is C25H26N4O3. The van der Waals surface area contributed by atoms with Gasteiger partial charge in [-0.15, -0.1) is 0 Å². The molecule has 1 aliphatic rings. The summed E-state index contributed by atoms with van der Waals surface area (Å²) in [5, 5.41) is 13.6. The standard InChI is InChI=1S/C25H26N4O3/c1-3-32-19-8-9-21-20(14-19)24(18(15-26)16-27-21)29-12-10-17(11-13-29)25(30)28-22-6-4-5-7-23(22)31-2/h4-9,14,16-17H,3,10-13H2,1-2H3,(H,28,30). The minimum absolute atomic E-state index is 0.00660. The van der Waals surface area contributed by atoms with E-state index in [1.807, 2.05) is 49.4 Å². The molecule has 0 saturated carbocycles. The van der Waals surface area contributed by atoms with Crippen molar-refractivity contribution in [3.8, 4) is 17.6 Å². The minimum atomic E-state index is -0.103. The number of rotatable bonds is 6. The number of ether oxygens (including phenoxy) is 2. The molecule has 0 spiro atoms. The smallest absolute Gasteiger partial charge is 0.227 e. The van der Waals surface area contributed by atoms with Crippen LogP contribution < -0.4 is 19.7 Å². The second-order valence-corrected chi connectivity index (χ2v) is 7.70. The predicted octanol–water partition coefficient (Wildman–Crippen LogP) is 4.37. The minimum Gasteiger partial charge on any atom is -0.495 e. The summed E-state index contributed by atoms with van der Waals surface area (Å²) in [5.74, 6) is 1.29. The number of methoxy groups -OCH3 is 1. The predicted molar refractivity (Wildman–Crippen MR) is 124 cm³/mol. The molecule has 1 N–H and O–H groups in total. The van der Waals surface area contributed by atoms with E-state index in [-0.39, 0.29) is 11.8 Å². The summed E-state index contributed by atoms with van der Waals surface area (Å²) in [5.41, 5.74) is 2.89. The van der Waals surface area contributed by atoms with Crippen LogP contribution in [0, 0.1) is 17.2 Å². The zero-order valence-electron chi connectivity index (χ0n) is 18.3. The first-order valence-corrected chi connectivity index (χ1v) is 10.8. The Kier molecular flexibility index (Phi) is 6.41. The number of benzene rings is 2. The molecule has 7 nitrogen and oxygen atoms in total. The van der Waals surface area contributed by atoms with Crippen molar-refractivity contribution in [3.63, 3.8) is 0 Å². The van der Waals surface area contributed by atoms with E-state index in [9.17, 15) is 10.1 Å². The van der Waals surface area contributed by atoms with Crippen LogP contribution in [0.2, 0.25) is 0 Å². The van der Waals surface area contributed by atoms with Crippen molar-refractivity contribution in [2.24, 2.45) is 5.92 Å². The monoisotopic (exact) mass is 430 g/mol. The third kappa shape index (κ3) is 4.30. The molecule has 0 radical (unpaired) electrons. The normalized spacial score (nSPS) is 14.1. The number of anilines is 2. The van der Waals surface area contributed by atoms with E-state index in [0.29, 0.717) is 49.5 Å². The van der Waals surface area contributed by atoms with Gasteiger partial charge in [0, 0.05) is 30.6 Å². The third-order valence-corrected chi connectivity index (χ3v) is 5.79. The van der Waals surface area contributed by atoms with Crippen molar-refractivity contribution < 1.29 is 14.3 Å². The van der Waals surface area contributed by atoms with Crippen LogP contribution in [-0.2, 0) is 4.79 Å². The van der Waals surface area contributed by atoms with Gasteiger partial charge in [0.25, 0.3) is 0 Å². The summed E-state index contributed by atoms with van der Waals surface area (Å²) in [6, 6.07) is 15.4. The van der Waals surface area contributed by atoms with E-state index < -0.39 is 0 Å². The van der Waals surface area contributed by atoms with E-state index in [0.717, 1.165) is 22.3 Å². The van der Waals surface area contributed by atoms with E-state index in [2.05, 4.69) is 21.3 Å². The van der Waals surface area contributed by atoms with Gasteiger partial charge < -0.3 is 19.7 Å². The highest BCUT2D eigenvalue weighted by molar-refractivity contribution is 5.96. The van der Waals surface area contributed by atoms with Gasteiger partial charge in [-0.3, -0.25) is 9.78 Å². The van der Waals surface area contributed by atoms with E-state index in [1.165, 1.54) is 0 Å². The maximum Gasteiger partial charge on any atom is 0.227 e. The van der Waals surface area contributed by atoms with Crippen LogP contribution in [0.25, 0.3) is 10.9 Å². The second kappa shape index (κ2) is 9.56. The van der Waals surface area contributed by atoms with Crippen molar-refractivity contribution >= 4 is 28.2 Å². The molecule has 0 atom stereocenters. The van der Waals surface area contributed by atoms with Crippen molar-refractivity contribution in [3.05, 3.63) is 54.2 Å². The molecule has 0 unspecified atom stereocenters. The first-order chi connectivity index (χ1) is 15.6. The Hall–Kier alpha value is -3.79. The molecule has 1 saturated heterocycles. The van der Waals surface area contributed by atoms with Crippen LogP contribution >= 0.6 is 0 Å². The van der Waals surface area contributed by atoms with Gasteiger partial charge in [-0.2, -0.15) is 5.26 Å². The summed E-state index contributed by atoms with van der Waals surface area (Å²) in [7, 11) is 1.59. The van der Waals surface area contributed by atoms with E-state index in [4.69, 9.17) is 9.47 Å². The topological polar surface area (TPSA) is 87.5 Å². The first-order valence-electron chi connectivity index (χ1n) is 10.8. The van der Waals surface area contributed by atoms with Crippen molar-refractivity contribution in [1.82, 2.24) is 4.98 Å². The van der Waals surface area contributed by atoms with Gasteiger partial charge in [-0.25, -0.2) is 0 Å². The number of fused-ring (bicyclic) bond motifs is 1. The number of aromatic nitrogens is 1. The van der Waals surface area contributed by atoms with Crippen LogP contribution in [0.15, 0.2) is 48.7 Å². The lowest BCUT2D eigenvalue weighted by Crippen LogP contribution is -2.38. The number of nitriles is 1. The van der Waals surface area contributed by atoms with Crippen LogP contribution in [0.3, 0.4) is 0 Å². The molecule has 32 heavy (non-hydrogen) atoms. The molecule has 2 aromatic carbocycles. The van der Waals surface area contributed by atoms with Crippen LogP contribution in [0.4, 0.5) is 11.4 Å². The molecular weight excluding hydrogens is 404 g/mol. The fourth-order valence-electron chi connectivity index (χ4n) is 4.18. The Morgan fingerprint density at radius 3 is 2.75 bits per heavy atom. The number of hydrogen-bond donors (Lipinski definition) is 1. The highest BCUT2D eigenvalue weighted by Gasteiger charge is 2.28. The molecule has 0 aliphatic carbocycles. The van der Waals surface area contributed by atoms with Gasteiger partial charge >= 0.3 is 0 Å². The molecule has 1 fully saturated rings. The lowest BCUT2D eigenvalue weighted by Gasteiger charge is -2.34. The molecule has 2 heterocycles. The average Bonchev–Trinajstić information content (AvgIpc) is 2.84. The molecule has 3 aromatic rings. The molecule has 0 bridgehead atoms. The number of piperidine rings is 1. The SMILES string of the molecule is CCOc1ccc2ncc(C#N)c(N3CCC(C(=O)Nc4ccccc4OC)CC3)c2c1. The van der Waals surface area contributed by atoms with Crippen LogP contribution in [-0.4, -0.2) is 37.7 Å². The van der Waals surface area contributed by atoms with Crippen LogP contribution in [0.1, 0.15) is 25.3 Å². The van der Waals surface area contributed by atoms with Crippen molar-refractivity contribution in [1.29, 1.82) is 5.26 Å². The van der Waals surface area contributed by atoms with Crippen molar-refractivity contribution in [2.75, 3.05) is 37.0 Å². The number of para-hydroxylation sites is 2. The number of amides is 1. The van der Waals surface area contributed by atoms with Gasteiger partial charge in [0.1, 0.15) is 17.6 Å². The maximum absolute atomic E-state index is 12.9. The van der Waals surface area contributed by atoms with E-state index in [1.54, 1.807) is 13.3 Å². The highest BCUT2D eigenvalue weighted by Crippen LogP contribution is 2.35. The molecule has 7 heteroatoms. The Labute approximate surface area is 187 Å². The number of nitrogens with one attached hydrogen (secondary N) is 1. The summed E-state index contributed by atoms with van der Waals surface area (Å²) in [6.07, 6.45) is 3.01. The maximum atomic E-state index is 12.9. The van der Waals surface area contributed by atoms with Crippen LogP contribution in [0.5, 0.6) is 11.5 Å². The third-order valence-electron chi connectivity index (χ3n) is 5.79. The Morgan fingerprint density at radius 2 is 2.03 bits per heavy atom. The number of hydrogen-bond acceptors (Lipinski definition) is 6. The fraction of sp³-hybridized carbons (Fsp3) is 0.320. The zero-order valence-corrected chi connectivity index (χ0v) is 18.3. The van der Waals surface area contributed by atoms with Gasteiger partial charge in [0.15, 0.2) is 0 Å². The quantitative estimate of drug-likeness (QED) is 0.625. The van der Waals surface area contributed by atoms with Gasteiger partial charge in [0.05, 0.1) is 36.2 Å². The second-order valence-electron chi connectivity index (χ2n) is 7.70. The molecule has 1 aliphatic heterocycles. The lowest BCUT2D eigenvalue weighted by molar-refractivity contribution is -0.120. The van der Waals surface area contributed by atoms with Gasteiger partial charge in [0.2, 0.25) is 5.91 Å². The highest BCUT2D eigenvalue weighted by atomic mass is 16.5. The Bertz CT molecular complexity index is 1160. The number of carbonyl (C=O) groups is 1. The summed E-state index contributed by atoms with van der Waals surface area (Å²) < 4.78 is 11.0. The zero-order chi connectivity index (χ0) is 22.5. The Balaban J connectivity index is 1.53. The van der Waals surface area contributed by atoms with E-state index >= 15 is 0 Å². The molecule has 1 aromatic heterocycles. The number of nitrogens with zero attached hydrogens (tertiary/aromatic N) is 3. The summed E-state index contributed by atoms with van der Waals surface area (Å²) >= 11 is 0. The number of pyridine rings is 1. The first kappa shape index (κ1) is 21.4. The molecule has 164 valence electrons. The molecule has 4 rings (SSSR count). The fourth-order valence-corrected chi connectivity index (χ4v) is 4.18. The average molecular weight is 431 g/mol. The van der Waals surface area contributed by atoms with Gasteiger partial charge in [-0.1, -0.05) is 12.1 Å². The molecule has 1 amide bonds.